The molecule has 0 aliphatic carbocycles. The molecule has 0 unspecified atom stereocenters. The van der Waals surface area contributed by atoms with E-state index in [0.29, 0.717) is 18.7 Å². The molecule has 0 bridgehead atoms. The molecule has 1 aliphatic rings. The fourth-order valence-electron chi connectivity index (χ4n) is 3.83. The lowest BCUT2D eigenvalue weighted by molar-refractivity contribution is -0.124. The van der Waals surface area contributed by atoms with Crippen molar-refractivity contribution in [2.24, 2.45) is 5.92 Å². The van der Waals surface area contributed by atoms with Crippen molar-refractivity contribution in [1.29, 1.82) is 0 Å². The number of nitrogens with zero attached hydrogens (tertiary/aromatic N) is 1. The van der Waals surface area contributed by atoms with E-state index in [1.54, 1.807) is 36.7 Å². The second-order valence-electron chi connectivity index (χ2n) is 9.29. The first-order valence-corrected chi connectivity index (χ1v) is 12.6. The van der Waals surface area contributed by atoms with Crippen LogP contribution in [0.4, 0.5) is 0 Å². The van der Waals surface area contributed by atoms with E-state index in [0.717, 1.165) is 5.56 Å². The van der Waals surface area contributed by atoms with Crippen LogP contribution in [0.25, 0.3) is 0 Å². The van der Waals surface area contributed by atoms with Crippen molar-refractivity contribution in [2.75, 3.05) is 19.7 Å². The molecular formula is C27H35N5O5. The number of aromatic nitrogens is 1. The van der Waals surface area contributed by atoms with Gasteiger partial charge < -0.3 is 26.0 Å². The molecule has 0 saturated heterocycles. The summed E-state index contributed by atoms with van der Waals surface area (Å²) in [6.07, 6.45) is 4.21. The zero-order valence-corrected chi connectivity index (χ0v) is 21.3. The number of rotatable bonds is 5. The molecule has 0 saturated carbocycles. The topological polar surface area (TPSA) is 139 Å². The Morgan fingerprint density at radius 2 is 1.81 bits per heavy atom. The third-order valence-corrected chi connectivity index (χ3v) is 6.12. The number of nitrogens with one attached hydrogen (secondary N) is 4. The minimum Gasteiger partial charge on any atom is -0.491 e. The summed E-state index contributed by atoms with van der Waals surface area (Å²) in [5.74, 6) is -0.934. The van der Waals surface area contributed by atoms with Gasteiger partial charge in [0, 0.05) is 38.3 Å². The molecule has 1 aromatic carbocycles. The predicted octanol–water partition coefficient (Wildman–Crippen LogP) is 1.36. The van der Waals surface area contributed by atoms with E-state index in [1.165, 1.54) is 0 Å². The standard InChI is InChI=1S/C27H35N5O5/c1-18(2)22-17-37-23-6-4-3-5-20(23)26(35)32-21(7-8-24(33)29-16-12-25(34)31-22)27(36)30-15-11-19-9-13-28-14-10-19/h3-6,9-10,13-14,18,21-22H,7-8,11-12,15-17H2,1-2H3,(H,29,33)(H,30,36)(H,31,34)(H,32,35)/t21-,22-/m0/s1. The molecule has 4 amide bonds. The van der Waals surface area contributed by atoms with E-state index in [1.807, 2.05) is 26.0 Å². The number of hydrogen-bond acceptors (Lipinski definition) is 6. The molecule has 10 nitrogen and oxygen atoms in total. The molecule has 37 heavy (non-hydrogen) atoms. The molecule has 0 fully saturated rings. The predicted molar refractivity (Wildman–Crippen MR) is 138 cm³/mol. The van der Waals surface area contributed by atoms with Gasteiger partial charge in [0.05, 0.1) is 11.6 Å². The van der Waals surface area contributed by atoms with Crippen LogP contribution in [0, 0.1) is 5.92 Å². The van der Waals surface area contributed by atoms with Gasteiger partial charge in [0.2, 0.25) is 17.7 Å². The first-order chi connectivity index (χ1) is 17.8. The maximum absolute atomic E-state index is 13.2. The van der Waals surface area contributed by atoms with Gasteiger partial charge >= 0.3 is 0 Å². The lowest BCUT2D eigenvalue weighted by Crippen LogP contribution is -2.48. The van der Waals surface area contributed by atoms with Crippen LogP contribution < -0.4 is 26.0 Å². The third kappa shape index (κ3) is 8.89. The highest BCUT2D eigenvalue weighted by atomic mass is 16.5. The first-order valence-electron chi connectivity index (χ1n) is 12.6. The Hall–Kier alpha value is -3.95. The fraction of sp³-hybridized carbons (Fsp3) is 0.444. The van der Waals surface area contributed by atoms with Gasteiger partial charge in [-0.25, -0.2) is 0 Å². The molecule has 0 radical (unpaired) electrons. The Kier molecular flexibility index (Phi) is 10.4. The minimum absolute atomic E-state index is 0.0110. The largest absolute Gasteiger partial charge is 0.491 e. The average Bonchev–Trinajstić information content (AvgIpc) is 2.88. The van der Waals surface area contributed by atoms with E-state index in [4.69, 9.17) is 4.74 Å². The van der Waals surface area contributed by atoms with Gasteiger partial charge in [-0.05, 0) is 48.6 Å². The SMILES string of the molecule is CC(C)[C@@H]1COc2ccccc2C(=O)N[C@H](C(=O)NCCc2ccncc2)CCC(=O)NCCC(=O)N1. The smallest absolute Gasteiger partial charge is 0.255 e. The molecular weight excluding hydrogens is 474 g/mol. The van der Waals surface area contributed by atoms with Gasteiger partial charge in [0.1, 0.15) is 18.4 Å². The molecule has 3 rings (SSSR count). The van der Waals surface area contributed by atoms with E-state index >= 15 is 0 Å². The summed E-state index contributed by atoms with van der Waals surface area (Å²) in [6, 6.07) is 9.27. The summed E-state index contributed by atoms with van der Waals surface area (Å²) in [7, 11) is 0. The molecule has 10 heteroatoms. The van der Waals surface area contributed by atoms with Crippen molar-refractivity contribution < 1.29 is 23.9 Å². The Labute approximate surface area is 217 Å². The lowest BCUT2D eigenvalue weighted by atomic mass is 10.0. The summed E-state index contributed by atoms with van der Waals surface area (Å²) in [5, 5.41) is 11.3. The van der Waals surface area contributed by atoms with Gasteiger partial charge in [0.15, 0.2) is 0 Å². The third-order valence-electron chi connectivity index (χ3n) is 6.12. The van der Waals surface area contributed by atoms with Crippen LogP contribution in [0.3, 0.4) is 0 Å². The summed E-state index contributed by atoms with van der Waals surface area (Å²) in [6.45, 7) is 4.63. The number of para-hydroxylation sites is 1. The minimum atomic E-state index is -0.927. The van der Waals surface area contributed by atoms with E-state index in [-0.39, 0.29) is 67.7 Å². The number of pyridine rings is 1. The normalized spacial score (nSPS) is 19.6. The van der Waals surface area contributed by atoms with Crippen LogP contribution in [0.2, 0.25) is 0 Å². The van der Waals surface area contributed by atoms with Crippen molar-refractivity contribution in [3.63, 3.8) is 0 Å². The number of fused-ring (bicyclic) bond motifs is 1. The van der Waals surface area contributed by atoms with E-state index < -0.39 is 11.9 Å². The van der Waals surface area contributed by atoms with Crippen LogP contribution in [0.1, 0.15) is 49.0 Å². The number of ether oxygens (including phenoxy) is 1. The highest BCUT2D eigenvalue weighted by molar-refractivity contribution is 5.99. The fourth-order valence-corrected chi connectivity index (χ4v) is 3.83. The lowest BCUT2D eigenvalue weighted by Gasteiger charge is -2.24. The van der Waals surface area contributed by atoms with Crippen molar-refractivity contribution >= 4 is 23.6 Å². The van der Waals surface area contributed by atoms with Gasteiger partial charge in [0.25, 0.3) is 5.91 Å². The summed E-state index contributed by atoms with van der Waals surface area (Å²) < 4.78 is 5.96. The van der Waals surface area contributed by atoms with Gasteiger partial charge in [-0.1, -0.05) is 26.0 Å². The van der Waals surface area contributed by atoms with Gasteiger partial charge in [-0.15, -0.1) is 0 Å². The monoisotopic (exact) mass is 509 g/mol. The van der Waals surface area contributed by atoms with Crippen LogP contribution in [0.5, 0.6) is 5.75 Å². The van der Waals surface area contributed by atoms with E-state index in [9.17, 15) is 19.2 Å². The summed E-state index contributed by atoms with van der Waals surface area (Å²) in [4.78, 5) is 55.0. The maximum Gasteiger partial charge on any atom is 0.255 e. The summed E-state index contributed by atoms with van der Waals surface area (Å²) in [5.41, 5.74) is 1.29. The zero-order valence-electron chi connectivity index (χ0n) is 21.3. The molecule has 2 heterocycles. The number of amides is 4. The number of benzene rings is 1. The van der Waals surface area contributed by atoms with Crippen LogP contribution in [-0.2, 0) is 20.8 Å². The van der Waals surface area contributed by atoms with E-state index in [2.05, 4.69) is 26.3 Å². The summed E-state index contributed by atoms with van der Waals surface area (Å²) >= 11 is 0. The Balaban J connectivity index is 1.76. The quantitative estimate of drug-likeness (QED) is 0.480. The highest BCUT2D eigenvalue weighted by Gasteiger charge is 2.25. The Bertz CT molecular complexity index is 1080. The highest BCUT2D eigenvalue weighted by Crippen LogP contribution is 2.19. The van der Waals surface area contributed by atoms with Gasteiger partial charge in [-0.2, -0.15) is 0 Å². The van der Waals surface area contributed by atoms with Crippen molar-refractivity contribution in [1.82, 2.24) is 26.3 Å². The Morgan fingerprint density at radius 1 is 1.05 bits per heavy atom. The molecule has 1 aliphatic heterocycles. The molecule has 4 N–H and O–H groups in total. The molecule has 198 valence electrons. The number of hydrogen-bond donors (Lipinski definition) is 4. The van der Waals surface area contributed by atoms with Crippen molar-refractivity contribution in [3.8, 4) is 5.75 Å². The molecule has 0 spiro atoms. The van der Waals surface area contributed by atoms with Crippen molar-refractivity contribution in [3.05, 3.63) is 59.9 Å². The number of carbonyl (C=O) groups is 4. The second-order valence-corrected chi connectivity index (χ2v) is 9.29. The zero-order chi connectivity index (χ0) is 26.6. The van der Waals surface area contributed by atoms with Crippen LogP contribution >= 0.6 is 0 Å². The second kappa shape index (κ2) is 14.0. The van der Waals surface area contributed by atoms with Crippen LogP contribution in [0.15, 0.2) is 48.8 Å². The molecule has 2 atom stereocenters. The van der Waals surface area contributed by atoms with Crippen LogP contribution in [-0.4, -0.2) is 60.4 Å². The van der Waals surface area contributed by atoms with Crippen molar-refractivity contribution in [2.45, 2.75) is 51.6 Å². The molecule has 2 aromatic rings. The maximum atomic E-state index is 13.2. The van der Waals surface area contributed by atoms with Gasteiger partial charge in [-0.3, -0.25) is 24.2 Å². The average molecular weight is 510 g/mol. The Morgan fingerprint density at radius 3 is 2.57 bits per heavy atom. The molecule has 1 aromatic heterocycles. The first kappa shape index (κ1) is 27.6. The number of carbonyl (C=O) groups excluding carboxylic acids is 4.